The van der Waals surface area contributed by atoms with Gasteiger partial charge in [-0.2, -0.15) is 0 Å². The SMILES string of the molecule is COc1ccc(CC(=O)NC[C@H]2CCCC[C@@H]2O)c(F)c1. The topological polar surface area (TPSA) is 58.6 Å². The summed E-state index contributed by atoms with van der Waals surface area (Å²) < 4.78 is 18.7. The van der Waals surface area contributed by atoms with Gasteiger partial charge in [-0.15, -0.1) is 0 Å². The van der Waals surface area contributed by atoms with Gasteiger partial charge in [0.25, 0.3) is 0 Å². The highest BCUT2D eigenvalue weighted by molar-refractivity contribution is 5.78. The van der Waals surface area contributed by atoms with E-state index in [4.69, 9.17) is 4.74 Å². The van der Waals surface area contributed by atoms with E-state index in [0.717, 1.165) is 25.7 Å². The zero-order valence-electron chi connectivity index (χ0n) is 12.3. The quantitative estimate of drug-likeness (QED) is 0.874. The van der Waals surface area contributed by atoms with Gasteiger partial charge in [-0.3, -0.25) is 4.79 Å². The predicted octanol–water partition coefficient (Wildman–Crippen LogP) is 2.04. The van der Waals surface area contributed by atoms with Crippen molar-refractivity contribution in [2.24, 2.45) is 5.92 Å². The Morgan fingerprint density at radius 2 is 2.19 bits per heavy atom. The first-order valence-corrected chi connectivity index (χ1v) is 7.37. The zero-order chi connectivity index (χ0) is 15.2. The van der Waals surface area contributed by atoms with Gasteiger partial charge in [-0.25, -0.2) is 4.39 Å². The Labute approximate surface area is 124 Å². The fourth-order valence-corrected chi connectivity index (χ4v) is 2.70. The second-order valence-electron chi connectivity index (χ2n) is 5.55. The fraction of sp³-hybridized carbons (Fsp3) is 0.562. The lowest BCUT2D eigenvalue weighted by atomic mass is 9.86. The van der Waals surface area contributed by atoms with Crippen LogP contribution in [0.25, 0.3) is 0 Å². The summed E-state index contributed by atoms with van der Waals surface area (Å²) in [5.74, 6) is -0.121. The molecule has 0 aromatic heterocycles. The number of amides is 1. The van der Waals surface area contributed by atoms with Crippen molar-refractivity contribution in [1.82, 2.24) is 5.32 Å². The smallest absolute Gasteiger partial charge is 0.224 e. The summed E-state index contributed by atoms with van der Waals surface area (Å²) in [4.78, 5) is 11.9. The molecule has 1 aromatic carbocycles. The third-order valence-electron chi connectivity index (χ3n) is 4.04. The van der Waals surface area contributed by atoms with Crippen molar-refractivity contribution in [3.05, 3.63) is 29.6 Å². The van der Waals surface area contributed by atoms with Gasteiger partial charge < -0.3 is 15.2 Å². The minimum atomic E-state index is -0.442. The van der Waals surface area contributed by atoms with Crippen LogP contribution >= 0.6 is 0 Å². The molecule has 1 aromatic rings. The van der Waals surface area contributed by atoms with Crippen LogP contribution in [0.2, 0.25) is 0 Å². The number of nitrogens with one attached hydrogen (secondary N) is 1. The van der Waals surface area contributed by atoms with E-state index in [0.29, 0.717) is 17.9 Å². The molecule has 0 aliphatic heterocycles. The van der Waals surface area contributed by atoms with Crippen LogP contribution in [0.1, 0.15) is 31.2 Å². The number of carbonyl (C=O) groups excluding carboxylic acids is 1. The zero-order valence-corrected chi connectivity index (χ0v) is 12.3. The highest BCUT2D eigenvalue weighted by atomic mass is 19.1. The lowest BCUT2D eigenvalue weighted by Crippen LogP contribution is -2.37. The summed E-state index contributed by atoms with van der Waals surface area (Å²) in [6.07, 6.45) is 3.52. The number of halogens is 1. The first-order valence-electron chi connectivity index (χ1n) is 7.37. The molecule has 21 heavy (non-hydrogen) atoms. The molecule has 5 heteroatoms. The maximum atomic E-state index is 13.8. The Morgan fingerprint density at radius 1 is 1.43 bits per heavy atom. The molecule has 0 bridgehead atoms. The predicted molar refractivity (Wildman–Crippen MR) is 77.6 cm³/mol. The molecule has 0 unspecified atom stereocenters. The van der Waals surface area contributed by atoms with Gasteiger partial charge in [0.15, 0.2) is 0 Å². The molecule has 1 saturated carbocycles. The number of methoxy groups -OCH3 is 1. The average Bonchev–Trinajstić information content (AvgIpc) is 2.48. The highest BCUT2D eigenvalue weighted by Gasteiger charge is 2.23. The van der Waals surface area contributed by atoms with Gasteiger partial charge in [-0.1, -0.05) is 18.9 Å². The number of rotatable bonds is 5. The molecule has 2 N–H and O–H groups in total. The lowest BCUT2D eigenvalue weighted by molar-refractivity contribution is -0.120. The second kappa shape index (κ2) is 7.41. The summed E-state index contributed by atoms with van der Waals surface area (Å²) in [7, 11) is 1.47. The maximum absolute atomic E-state index is 13.8. The van der Waals surface area contributed by atoms with E-state index in [-0.39, 0.29) is 24.3 Å². The van der Waals surface area contributed by atoms with E-state index in [9.17, 15) is 14.3 Å². The Balaban J connectivity index is 1.84. The number of aliphatic hydroxyl groups excluding tert-OH is 1. The first-order chi connectivity index (χ1) is 10.1. The van der Waals surface area contributed by atoms with Crippen LogP contribution in [-0.2, 0) is 11.2 Å². The molecule has 1 aliphatic rings. The summed E-state index contributed by atoms with van der Waals surface area (Å²) in [5, 5.41) is 12.6. The number of hydrogen-bond donors (Lipinski definition) is 2. The fourth-order valence-electron chi connectivity index (χ4n) is 2.70. The summed E-state index contributed by atoms with van der Waals surface area (Å²) >= 11 is 0. The minimum Gasteiger partial charge on any atom is -0.497 e. The minimum absolute atomic E-state index is 0.00135. The van der Waals surface area contributed by atoms with Crippen LogP contribution in [0, 0.1) is 11.7 Å². The van der Waals surface area contributed by atoms with Gasteiger partial charge in [0.1, 0.15) is 11.6 Å². The number of carbonyl (C=O) groups is 1. The van der Waals surface area contributed by atoms with E-state index >= 15 is 0 Å². The molecular weight excluding hydrogens is 273 g/mol. The molecule has 4 nitrogen and oxygen atoms in total. The molecule has 0 heterocycles. The molecule has 1 fully saturated rings. The average molecular weight is 295 g/mol. The van der Waals surface area contributed by atoms with Gasteiger partial charge >= 0.3 is 0 Å². The van der Waals surface area contributed by atoms with Gasteiger partial charge in [0.2, 0.25) is 5.91 Å². The normalized spacial score (nSPS) is 21.9. The van der Waals surface area contributed by atoms with Crippen molar-refractivity contribution >= 4 is 5.91 Å². The van der Waals surface area contributed by atoms with Crippen molar-refractivity contribution in [3.63, 3.8) is 0 Å². The van der Waals surface area contributed by atoms with Gasteiger partial charge in [0.05, 0.1) is 19.6 Å². The van der Waals surface area contributed by atoms with E-state index in [1.807, 2.05) is 0 Å². The van der Waals surface area contributed by atoms with Gasteiger partial charge in [-0.05, 0) is 24.5 Å². The number of hydrogen-bond acceptors (Lipinski definition) is 3. The number of aliphatic hydroxyl groups is 1. The summed E-state index contributed by atoms with van der Waals surface area (Å²) in [5.41, 5.74) is 0.345. The summed E-state index contributed by atoms with van der Waals surface area (Å²) in [6.45, 7) is 0.456. The monoisotopic (exact) mass is 295 g/mol. The second-order valence-corrected chi connectivity index (χ2v) is 5.55. The lowest BCUT2D eigenvalue weighted by Gasteiger charge is -2.27. The van der Waals surface area contributed by atoms with Crippen LogP contribution in [0.3, 0.4) is 0 Å². The van der Waals surface area contributed by atoms with Crippen LogP contribution in [0.15, 0.2) is 18.2 Å². The van der Waals surface area contributed by atoms with Crippen molar-refractivity contribution in [2.75, 3.05) is 13.7 Å². The third-order valence-corrected chi connectivity index (χ3v) is 4.04. The Morgan fingerprint density at radius 3 is 2.86 bits per heavy atom. The maximum Gasteiger partial charge on any atom is 0.224 e. The molecule has 2 atom stereocenters. The number of ether oxygens (including phenoxy) is 1. The number of benzene rings is 1. The van der Waals surface area contributed by atoms with Crippen LogP contribution in [0.5, 0.6) is 5.75 Å². The molecule has 2 rings (SSSR count). The van der Waals surface area contributed by atoms with Crippen LogP contribution in [0.4, 0.5) is 4.39 Å². The van der Waals surface area contributed by atoms with Crippen LogP contribution in [-0.4, -0.2) is 30.8 Å². The van der Waals surface area contributed by atoms with E-state index < -0.39 is 5.82 Å². The standard InChI is InChI=1S/C16H22FNO3/c1-21-13-7-6-11(14(17)9-13)8-16(20)18-10-12-4-2-3-5-15(12)19/h6-7,9,12,15,19H,2-5,8,10H2,1H3,(H,18,20)/t12-,15+/m1/s1. The summed E-state index contributed by atoms with van der Waals surface area (Å²) in [6, 6.07) is 4.47. The molecule has 1 aliphatic carbocycles. The Kier molecular flexibility index (Phi) is 5.56. The third kappa shape index (κ3) is 4.43. The molecular formula is C16H22FNO3. The van der Waals surface area contributed by atoms with Crippen molar-refractivity contribution < 1.29 is 19.0 Å². The van der Waals surface area contributed by atoms with Crippen LogP contribution < -0.4 is 10.1 Å². The van der Waals surface area contributed by atoms with Crippen molar-refractivity contribution in [2.45, 2.75) is 38.2 Å². The molecule has 0 spiro atoms. The van der Waals surface area contributed by atoms with E-state index in [1.165, 1.54) is 13.2 Å². The molecule has 0 saturated heterocycles. The molecule has 1 amide bonds. The largest absolute Gasteiger partial charge is 0.497 e. The van der Waals surface area contributed by atoms with Crippen molar-refractivity contribution in [3.8, 4) is 5.75 Å². The molecule has 116 valence electrons. The Bertz CT molecular complexity index is 492. The van der Waals surface area contributed by atoms with Crippen molar-refractivity contribution in [1.29, 1.82) is 0 Å². The first kappa shape index (κ1) is 15.8. The highest BCUT2D eigenvalue weighted by Crippen LogP contribution is 2.23. The molecule has 0 radical (unpaired) electrons. The Hall–Kier alpha value is -1.62. The van der Waals surface area contributed by atoms with E-state index in [2.05, 4.69) is 5.32 Å². The van der Waals surface area contributed by atoms with Gasteiger partial charge in [0, 0.05) is 18.5 Å². The van der Waals surface area contributed by atoms with E-state index in [1.54, 1.807) is 12.1 Å².